The van der Waals surface area contributed by atoms with E-state index in [1.54, 1.807) is 20.8 Å². The van der Waals surface area contributed by atoms with Crippen molar-refractivity contribution in [1.29, 1.82) is 0 Å². The Bertz CT molecular complexity index is 330. The van der Waals surface area contributed by atoms with E-state index >= 15 is 0 Å². The molecular formula is C13H23NO5. The Morgan fingerprint density at radius 3 is 2.21 bits per heavy atom. The summed E-state index contributed by atoms with van der Waals surface area (Å²) in [4.78, 5) is 22.8. The highest BCUT2D eigenvalue weighted by molar-refractivity contribution is 5.80. The third-order valence-electron chi connectivity index (χ3n) is 3.16. The number of carboxylic acids is 1. The van der Waals surface area contributed by atoms with Crippen LogP contribution < -0.4 is 5.32 Å². The molecule has 0 aliphatic heterocycles. The predicted molar refractivity (Wildman–Crippen MR) is 68.8 cm³/mol. The SMILES string of the molecule is CC(C)(C)OC(=O)N[C@H](C(=O)O)[C@H](O)C1CCCC1. The summed E-state index contributed by atoms with van der Waals surface area (Å²) in [7, 11) is 0. The highest BCUT2D eigenvalue weighted by Gasteiger charge is 2.36. The number of amides is 1. The molecule has 1 aliphatic carbocycles. The van der Waals surface area contributed by atoms with E-state index in [0.29, 0.717) is 0 Å². The van der Waals surface area contributed by atoms with Crippen LogP contribution in [0.5, 0.6) is 0 Å². The smallest absolute Gasteiger partial charge is 0.408 e. The monoisotopic (exact) mass is 273 g/mol. The van der Waals surface area contributed by atoms with E-state index in [0.717, 1.165) is 25.7 Å². The van der Waals surface area contributed by atoms with Crippen molar-refractivity contribution in [3.05, 3.63) is 0 Å². The number of hydrogen-bond acceptors (Lipinski definition) is 4. The molecule has 6 heteroatoms. The second-order valence-corrected chi connectivity index (χ2v) is 6.00. The maximum Gasteiger partial charge on any atom is 0.408 e. The number of aliphatic hydroxyl groups is 1. The van der Waals surface area contributed by atoms with Gasteiger partial charge in [0.1, 0.15) is 5.60 Å². The zero-order chi connectivity index (χ0) is 14.6. The number of carboxylic acid groups (broad SMARTS) is 1. The first-order valence-corrected chi connectivity index (χ1v) is 6.61. The van der Waals surface area contributed by atoms with Gasteiger partial charge in [0, 0.05) is 0 Å². The molecule has 0 saturated heterocycles. The van der Waals surface area contributed by atoms with Crippen LogP contribution in [0.2, 0.25) is 0 Å². The van der Waals surface area contributed by atoms with Crippen LogP contribution in [0, 0.1) is 5.92 Å². The lowest BCUT2D eigenvalue weighted by atomic mass is 9.95. The number of aliphatic hydroxyl groups excluding tert-OH is 1. The Morgan fingerprint density at radius 1 is 1.26 bits per heavy atom. The van der Waals surface area contributed by atoms with Gasteiger partial charge in [0.05, 0.1) is 6.10 Å². The van der Waals surface area contributed by atoms with Gasteiger partial charge >= 0.3 is 12.1 Å². The molecule has 0 aromatic carbocycles. The van der Waals surface area contributed by atoms with Crippen LogP contribution in [0.25, 0.3) is 0 Å². The van der Waals surface area contributed by atoms with E-state index in [1.807, 2.05) is 0 Å². The Labute approximate surface area is 113 Å². The van der Waals surface area contributed by atoms with Crippen molar-refractivity contribution in [2.45, 2.75) is 64.2 Å². The van der Waals surface area contributed by atoms with Crippen molar-refractivity contribution in [3.8, 4) is 0 Å². The maximum atomic E-state index is 11.6. The summed E-state index contributed by atoms with van der Waals surface area (Å²) in [6, 6.07) is -1.32. The normalized spacial score (nSPS) is 19.8. The summed E-state index contributed by atoms with van der Waals surface area (Å²) in [6.45, 7) is 5.07. The molecule has 0 bridgehead atoms. The van der Waals surface area contributed by atoms with E-state index in [1.165, 1.54) is 0 Å². The first-order valence-electron chi connectivity index (χ1n) is 6.61. The van der Waals surface area contributed by atoms with Gasteiger partial charge in [0.2, 0.25) is 0 Å². The molecule has 6 nitrogen and oxygen atoms in total. The zero-order valence-electron chi connectivity index (χ0n) is 11.7. The van der Waals surface area contributed by atoms with E-state index < -0.39 is 29.8 Å². The predicted octanol–water partition coefficient (Wildman–Crippen LogP) is 1.52. The van der Waals surface area contributed by atoms with Crippen LogP contribution in [-0.4, -0.2) is 40.0 Å². The quantitative estimate of drug-likeness (QED) is 0.721. The largest absolute Gasteiger partial charge is 0.480 e. The van der Waals surface area contributed by atoms with E-state index in [9.17, 15) is 14.7 Å². The summed E-state index contributed by atoms with van der Waals surface area (Å²) in [6.07, 6.45) is 1.66. The number of aliphatic carboxylic acids is 1. The molecule has 0 radical (unpaired) electrons. The van der Waals surface area contributed by atoms with Gasteiger partial charge in [-0.15, -0.1) is 0 Å². The Morgan fingerprint density at radius 2 is 1.79 bits per heavy atom. The van der Waals surface area contributed by atoms with Crippen LogP contribution in [0.15, 0.2) is 0 Å². The lowest BCUT2D eigenvalue weighted by molar-refractivity contribution is -0.143. The highest BCUT2D eigenvalue weighted by atomic mass is 16.6. The molecule has 3 N–H and O–H groups in total. The first-order chi connectivity index (χ1) is 8.70. The Kier molecular flexibility index (Phi) is 5.17. The average Bonchev–Trinajstić information content (AvgIpc) is 2.75. The molecule has 1 fully saturated rings. The van der Waals surface area contributed by atoms with Gasteiger partial charge in [0.15, 0.2) is 6.04 Å². The molecule has 0 unspecified atom stereocenters. The van der Waals surface area contributed by atoms with E-state index in [4.69, 9.17) is 9.84 Å². The van der Waals surface area contributed by atoms with E-state index in [2.05, 4.69) is 5.32 Å². The molecule has 19 heavy (non-hydrogen) atoms. The lowest BCUT2D eigenvalue weighted by Gasteiger charge is -2.27. The number of ether oxygens (including phenoxy) is 1. The fourth-order valence-corrected chi connectivity index (χ4v) is 2.30. The second-order valence-electron chi connectivity index (χ2n) is 6.00. The third kappa shape index (κ3) is 5.06. The van der Waals surface area contributed by atoms with Crippen molar-refractivity contribution in [3.63, 3.8) is 0 Å². The van der Waals surface area contributed by atoms with Crippen molar-refractivity contribution in [1.82, 2.24) is 5.32 Å². The molecular weight excluding hydrogens is 250 g/mol. The van der Waals surface area contributed by atoms with Crippen LogP contribution in [-0.2, 0) is 9.53 Å². The fraction of sp³-hybridized carbons (Fsp3) is 0.846. The van der Waals surface area contributed by atoms with Crippen LogP contribution in [0.4, 0.5) is 4.79 Å². The van der Waals surface area contributed by atoms with Crippen molar-refractivity contribution < 1.29 is 24.5 Å². The first kappa shape index (κ1) is 15.8. The Hall–Kier alpha value is -1.30. The van der Waals surface area contributed by atoms with Gasteiger partial charge in [-0.05, 0) is 39.5 Å². The number of hydrogen-bond donors (Lipinski definition) is 3. The van der Waals surface area contributed by atoms with Gasteiger partial charge in [-0.3, -0.25) is 0 Å². The molecule has 1 amide bonds. The molecule has 0 heterocycles. The third-order valence-corrected chi connectivity index (χ3v) is 3.16. The second kappa shape index (κ2) is 6.23. The summed E-state index contributed by atoms with van der Waals surface area (Å²) < 4.78 is 5.01. The van der Waals surface area contributed by atoms with Crippen molar-refractivity contribution in [2.75, 3.05) is 0 Å². The standard InChI is InChI=1S/C13H23NO5/c1-13(2,3)19-12(18)14-9(11(16)17)10(15)8-6-4-5-7-8/h8-10,15H,4-7H2,1-3H3,(H,14,18)(H,16,17)/t9-,10+/m0/s1. The fourth-order valence-electron chi connectivity index (χ4n) is 2.30. The summed E-state index contributed by atoms with van der Waals surface area (Å²) >= 11 is 0. The summed E-state index contributed by atoms with van der Waals surface area (Å²) in [5.41, 5.74) is -0.703. The van der Waals surface area contributed by atoms with Crippen LogP contribution in [0.3, 0.4) is 0 Å². The van der Waals surface area contributed by atoms with Crippen LogP contribution >= 0.6 is 0 Å². The minimum atomic E-state index is -1.32. The molecule has 110 valence electrons. The number of rotatable bonds is 4. The molecule has 0 aromatic heterocycles. The van der Waals surface area contributed by atoms with E-state index in [-0.39, 0.29) is 5.92 Å². The Balaban J connectivity index is 2.62. The van der Waals surface area contributed by atoms with Gasteiger partial charge in [-0.25, -0.2) is 9.59 Å². The summed E-state index contributed by atoms with van der Waals surface area (Å²) in [5, 5.41) is 21.4. The molecule has 0 spiro atoms. The lowest BCUT2D eigenvalue weighted by Crippen LogP contribution is -2.52. The maximum absolute atomic E-state index is 11.6. The average molecular weight is 273 g/mol. The minimum Gasteiger partial charge on any atom is -0.480 e. The van der Waals surface area contributed by atoms with Crippen LogP contribution in [0.1, 0.15) is 46.5 Å². The highest BCUT2D eigenvalue weighted by Crippen LogP contribution is 2.29. The zero-order valence-corrected chi connectivity index (χ0v) is 11.7. The van der Waals surface area contributed by atoms with Gasteiger partial charge in [0.25, 0.3) is 0 Å². The number of alkyl carbamates (subject to hydrolysis) is 1. The molecule has 1 aliphatic rings. The van der Waals surface area contributed by atoms with Crippen molar-refractivity contribution >= 4 is 12.1 Å². The minimum absolute atomic E-state index is 0.0731. The topological polar surface area (TPSA) is 95.9 Å². The molecule has 1 rings (SSSR count). The molecule has 0 aromatic rings. The summed E-state index contributed by atoms with van der Waals surface area (Å²) in [5.74, 6) is -1.32. The van der Waals surface area contributed by atoms with Gasteiger partial charge < -0.3 is 20.3 Å². The molecule has 2 atom stereocenters. The molecule has 1 saturated carbocycles. The number of carbonyl (C=O) groups is 2. The van der Waals surface area contributed by atoms with Gasteiger partial charge in [-0.1, -0.05) is 12.8 Å². The number of carbonyl (C=O) groups excluding carboxylic acids is 1. The van der Waals surface area contributed by atoms with Gasteiger partial charge in [-0.2, -0.15) is 0 Å². The number of nitrogens with one attached hydrogen (secondary N) is 1. The van der Waals surface area contributed by atoms with Crippen molar-refractivity contribution in [2.24, 2.45) is 5.92 Å².